The molecule has 0 aromatic carbocycles. The molecule has 0 radical (unpaired) electrons. The van der Waals surface area contributed by atoms with Crippen LogP contribution in [0.5, 0.6) is 0 Å². The van der Waals surface area contributed by atoms with Crippen molar-refractivity contribution in [1.29, 1.82) is 0 Å². The summed E-state index contributed by atoms with van der Waals surface area (Å²) in [4.78, 5) is 9.55. The van der Waals surface area contributed by atoms with Gasteiger partial charge >= 0.3 is 0 Å². The second-order valence-corrected chi connectivity index (χ2v) is 7.12. The average molecular weight is 516 g/mol. The highest BCUT2D eigenvalue weighted by atomic mass is 127. The Labute approximate surface area is 189 Å². The number of hydrogen-bond acceptors (Lipinski definition) is 6. The summed E-state index contributed by atoms with van der Waals surface area (Å²) in [7, 11) is 0. The standard InChI is InChI=1S/C19H32N8O.HI/c1-4-6-20-19(21-7-8-27-15-22-23-18(27)5-2)26-11-9-25(10-12-26)14-17-13-16(3)28-24-17;/h13,15H,4-12,14H2,1-3H3,(H,20,21);1H. The predicted molar refractivity (Wildman–Crippen MR) is 124 cm³/mol. The van der Waals surface area contributed by atoms with Crippen LogP contribution in [0.3, 0.4) is 0 Å². The van der Waals surface area contributed by atoms with Gasteiger partial charge in [-0.3, -0.25) is 9.89 Å². The van der Waals surface area contributed by atoms with Gasteiger partial charge in [0, 0.05) is 64.8 Å². The van der Waals surface area contributed by atoms with E-state index in [0.29, 0.717) is 0 Å². The number of aromatic nitrogens is 4. The van der Waals surface area contributed by atoms with Gasteiger partial charge < -0.3 is 19.3 Å². The highest BCUT2D eigenvalue weighted by Gasteiger charge is 2.20. The maximum atomic E-state index is 5.17. The van der Waals surface area contributed by atoms with Crippen LogP contribution in [0.15, 0.2) is 21.9 Å². The summed E-state index contributed by atoms with van der Waals surface area (Å²) in [5.41, 5.74) is 1.00. The van der Waals surface area contributed by atoms with Crippen LogP contribution >= 0.6 is 24.0 Å². The molecule has 1 fully saturated rings. The van der Waals surface area contributed by atoms with E-state index in [9.17, 15) is 0 Å². The van der Waals surface area contributed by atoms with Crippen molar-refractivity contribution in [2.45, 2.75) is 46.7 Å². The Hall–Kier alpha value is -1.69. The van der Waals surface area contributed by atoms with Crippen molar-refractivity contribution in [3.63, 3.8) is 0 Å². The van der Waals surface area contributed by atoms with Gasteiger partial charge in [0.2, 0.25) is 0 Å². The van der Waals surface area contributed by atoms with Gasteiger partial charge in [0.15, 0.2) is 5.96 Å². The fraction of sp³-hybridized carbons (Fsp3) is 0.684. The zero-order valence-corrected chi connectivity index (χ0v) is 20.0. The zero-order chi connectivity index (χ0) is 19.8. The molecule has 10 heteroatoms. The fourth-order valence-corrected chi connectivity index (χ4v) is 3.35. The number of aliphatic imine (C=N–C) groups is 1. The summed E-state index contributed by atoms with van der Waals surface area (Å²) in [6.45, 7) is 13.4. The van der Waals surface area contributed by atoms with Gasteiger partial charge in [0.1, 0.15) is 17.9 Å². The normalized spacial score (nSPS) is 15.4. The van der Waals surface area contributed by atoms with Gasteiger partial charge in [0.25, 0.3) is 0 Å². The number of guanidine groups is 1. The summed E-state index contributed by atoms with van der Waals surface area (Å²) in [5.74, 6) is 2.89. The molecule has 0 unspecified atom stereocenters. The lowest BCUT2D eigenvalue weighted by atomic mass is 10.3. The Morgan fingerprint density at radius 1 is 1.24 bits per heavy atom. The first-order valence-corrected chi connectivity index (χ1v) is 10.2. The number of nitrogens with zero attached hydrogens (tertiary/aromatic N) is 7. The monoisotopic (exact) mass is 516 g/mol. The lowest BCUT2D eigenvalue weighted by Gasteiger charge is -2.36. The van der Waals surface area contributed by atoms with Crippen molar-refractivity contribution in [1.82, 2.24) is 35.0 Å². The molecule has 0 spiro atoms. The summed E-state index contributed by atoms with van der Waals surface area (Å²) in [6, 6.07) is 2.01. The Morgan fingerprint density at radius 2 is 2.03 bits per heavy atom. The van der Waals surface area contributed by atoms with Gasteiger partial charge in [-0.2, -0.15) is 0 Å². The first-order valence-electron chi connectivity index (χ1n) is 10.2. The molecule has 1 aliphatic heterocycles. The smallest absolute Gasteiger partial charge is 0.194 e. The molecule has 3 rings (SSSR count). The zero-order valence-electron chi connectivity index (χ0n) is 17.7. The summed E-state index contributed by atoms with van der Waals surface area (Å²) in [6.07, 6.45) is 3.74. The Balaban J connectivity index is 0.00000300. The van der Waals surface area contributed by atoms with Crippen molar-refractivity contribution >= 4 is 29.9 Å². The Bertz CT molecular complexity index is 751. The van der Waals surface area contributed by atoms with E-state index in [4.69, 9.17) is 9.52 Å². The first kappa shape index (κ1) is 23.6. The number of piperazine rings is 1. The van der Waals surface area contributed by atoms with Crippen molar-refractivity contribution in [3.05, 3.63) is 29.7 Å². The van der Waals surface area contributed by atoms with E-state index in [-0.39, 0.29) is 24.0 Å². The minimum absolute atomic E-state index is 0. The number of halogens is 1. The van der Waals surface area contributed by atoms with E-state index in [2.05, 4.69) is 48.9 Å². The van der Waals surface area contributed by atoms with E-state index in [0.717, 1.165) is 88.4 Å². The third-order valence-electron chi connectivity index (χ3n) is 4.87. The van der Waals surface area contributed by atoms with Crippen molar-refractivity contribution in [2.24, 2.45) is 4.99 Å². The van der Waals surface area contributed by atoms with E-state index < -0.39 is 0 Å². The van der Waals surface area contributed by atoms with E-state index in [1.807, 2.05) is 13.0 Å². The number of rotatable bonds is 8. The average Bonchev–Trinajstić information content (AvgIpc) is 3.33. The molecule has 3 heterocycles. The van der Waals surface area contributed by atoms with Crippen LogP contribution in [-0.2, 0) is 19.5 Å². The SMILES string of the molecule is CCCN=C(NCCn1cnnc1CC)N1CCN(Cc2cc(C)on2)CC1.I. The molecule has 2 aromatic rings. The minimum Gasteiger partial charge on any atom is -0.361 e. The second kappa shape index (κ2) is 12.1. The van der Waals surface area contributed by atoms with Gasteiger partial charge in [0.05, 0.1) is 5.69 Å². The fourth-order valence-electron chi connectivity index (χ4n) is 3.35. The maximum Gasteiger partial charge on any atom is 0.194 e. The molecule has 0 aliphatic carbocycles. The van der Waals surface area contributed by atoms with Crippen LogP contribution in [-0.4, -0.2) is 74.9 Å². The van der Waals surface area contributed by atoms with Gasteiger partial charge in [-0.1, -0.05) is 19.0 Å². The Kier molecular flexibility index (Phi) is 9.85. The second-order valence-electron chi connectivity index (χ2n) is 7.12. The highest BCUT2D eigenvalue weighted by molar-refractivity contribution is 14.0. The molecular formula is C19H33IN8O. The number of nitrogens with one attached hydrogen (secondary N) is 1. The molecule has 9 nitrogen and oxygen atoms in total. The van der Waals surface area contributed by atoms with Crippen molar-refractivity contribution in [2.75, 3.05) is 39.3 Å². The summed E-state index contributed by atoms with van der Waals surface area (Å²) < 4.78 is 7.27. The molecule has 29 heavy (non-hydrogen) atoms. The van der Waals surface area contributed by atoms with Gasteiger partial charge in [-0.15, -0.1) is 34.2 Å². The van der Waals surface area contributed by atoms with E-state index in [1.54, 1.807) is 6.33 Å². The molecule has 0 amide bonds. The molecule has 1 aliphatic rings. The lowest BCUT2D eigenvalue weighted by Crippen LogP contribution is -2.52. The molecule has 0 bridgehead atoms. The topological polar surface area (TPSA) is 87.6 Å². The predicted octanol–water partition coefficient (Wildman–Crippen LogP) is 1.93. The van der Waals surface area contributed by atoms with Crippen LogP contribution in [0.1, 0.15) is 37.5 Å². The number of hydrogen-bond donors (Lipinski definition) is 1. The van der Waals surface area contributed by atoms with E-state index in [1.165, 1.54) is 0 Å². The van der Waals surface area contributed by atoms with Gasteiger partial charge in [-0.25, -0.2) is 0 Å². The highest BCUT2D eigenvalue weighted by Crippen LogP contribution is 2.09. The molecule has 162 valence electrons. The van der Waals surface area contributed by atoms with Crippen LogP contribution in [0.2, 0.25) is 0 Å². The molecule has 0 saturated carbocycles. The summed E-state index contributed by atoms with van der Waals surface area (Å²) >= 11 is 0. The van der Waals surface area contributed by atoms with Crippen molar-refractivity contribution < 1.29 is 4.52 Å². The van der Waals surface area contributed by atoms with E-state index >= 15 is 0 Å². The quantitative estimate of drug-likeness (QED) is 0.326. The molecule has 0 atom stereocenters. The molecular weight excluding hydrogens is 483 g/mol. The van der Waals surface area contributed by atoms with Crippen LogP contribution in [0.4, 0.5) is 0 Å². The Morgan fingerprint density at radius 3 is 2.69 bits per heavy atom. The first-order chi connectivity index (χ1) is 13.7. The minimum atomic E-state index is 0. The van der Waals surface area contributed by atoms with Crippen LogP contribution < -0.4 is 5.32 Å². The van der Waals surface area contributed by atoms with Gasteiger partial charge in [-0.05, 0) is 13.3 Å². The molecule has 1 N–H and O–H groups in total. The summed E-state index contributed by atoms with van der Waals surface area (Å²) in [5, 5.41) is 15.8. The largest absolute Gasteiger partial charge is 0.361 e. The third-order valence-corrected chi connectivity index (χ3v) is 4.87. The van der Waals surface area contributed by atoms with Crippen LogP contribution in [0.25, 0.3) is 0 Å². The molecule has 2 aromatic heterocycles. The molecule has 1 saturated heterocycles. The number of aryl methyl sites for hydroxylation is 2. The maximum absolute atomic E-state index is 5.17. The van der Waals surface area contributed by atoms with Crippen molar-refractivity contribution in [3.8, 4) is 0 Å². The third kappa shape index (κ3) is 6.95. The van der Waals surface area contributed by atoms with Crippen LogP contribution in [0, 0.1) is 6.92 Å². The lowest BCUT2D eigenvalue weighted by molar-refractivity contribution is 0.168.